The van der Waals surface area contributed by atoms with Gasteiger partial charge in [-0.15, -0.1) is 0 Å². The van der Waals surface area contributed by atoms with Gasteiger partial charge < -0.3 is 148 Å². The Hall–Kier alpha value is -1.20. The van der Waals surface area contributed by atoms with Gasteiger partial charge in [-0.25, -0.2) is 0 Å². The van der Waals surface area contributed by atoms with Gasteiger partial charge in [0.15, 0.2) is 37.7 Å². The molecular weight excluding hydrogens is 948 g/mol. The van der Waals surface area contributed by atoms with Crippen LogP contribution >= 0.6 is 0 Å². The maximum atomic E-state index is 11.7. The van der Waals surface area contributed by atoms with E-state index in [0.29, 0.717) is 0 Å². The Morgan fingerprint density at radius 2 is 0.464 bits per heavy atom. The number of hydrogen-bond donors (Lipinski definition) is 17. The molecule has 30 atom stereocenters. The van der Waals surface area contributed by atoms with E-state index in [9.17, 15) is 86.8 Å². The number of hydrogen-bond acceptors (Lipinski definition) is 30. The van der Waals surface area contributed by atoms with Crippen LogP contribution in [0.15, 0.2) is 0 Å². The highest BCUT2D eigenvalue weighted by Crippen LogP contribution is 2.38. The Bertz CT molecular complexity index is 1580. The van der Waals surface area contributed by atoms with Crippen molar-refractivity contribution in [3.63, 3.8) is 0 Å². The lowest BCUT2D eigenvalue weighted by molar-refractivity contribution is -0.405. The zero-order chi connectivity index (χ0) is 50.3. The van der Waals surface area contributed by atoms with Gasteiger partial charge >= 0.3 is 0 Å². The third kappa shape index (κ3) is 11.1. The fourth-order valence-corrected chi connectivity index (χ4v) is 9.38. The van der Waals surface area contributed by atoms with Crippen molar-refractivity contribution in [1.29, 1.82) is 0 Å². The maximum absolute atomic E-state index is 11.7. The lowest BCUT2D eigenvalue weighted by Gasteiger charge is -2.51. The molecule has 22 fully saturated rings. The molecule has 69 heavy (non-hydrogen) atoms. The van der Waals surface area contributed by atoms with Gasteiger partial charge in [-0.2, -0.15) is 0 Å². The van der Waals surface area contributed by atoms with Gasteiger partial charge in [0.25, 0.3) is 0 Å². The first kappa shape index (κ1) is 55.5. The molecule has 0 aromatic rings. The van der Waals surface area contributed by atoms with Crippen molar-refractivity contribution in [2.45, 2.75) is 204 Å². The van der Waals surface area contributed by atoms with E-state index in [1.165, 1.54) is 0 Å². The van der Waals surface area contributed by atoms with Crippen molar-refractivity contribution < 1.29 is 148 Å². The molecule has 22 rings (SSSR count). The Balaban J connectivity index is 1.21. The third-order valence-electron chi connectivity index (χ3n) is 13.1. The SMILES string of the molecule is CC(C)O[C@@H]1[C@@H](O)[C@H]2O[C@H]3[C@H](O)[C@@H](O)[C@@H](O[C@H]4[C@H](O)[C@@H](O)[C@@H](O[C@H]5[C@H](O)[C@@H](O)[C@@H](O[C@H]6[C@H](O)[C@@H](O)[C@@H](O[C@H]7[C@H](O)[C@@H](O)[C@@H](O[C@H]1[C@@H](CO)O2)O[C@@H]7CO)O[C@@H]6CO)O[C@@H]5CO)O[C@@H]4CO)O[C@@H]3CO. The summed E-state index contributed by atoms with van der Waals surface area (Å²) in [6.07, 6.45) is -57.4. The third-order valence-corrected chi connectivity index (χ3v) is 13.1. The summed E-state index contributed by atoms with van der Waals surface area (Å²) in [7, 11) is 0. The molecule has 0 radical (unpaired) electrons. The molecule has 22 aliphatic rings. The van der Waals surface area contributed by atoms with E-state index in [0.717, 1.165) is 0 Å². The molecule has 22 saturated heterocycles. The Morgan fingerprint density at radius 3 is 0.667 bits per heavy atom. The molecular formula is C39H66O30. The van der Waals surface area contributed by atoms with Gasteiger partial charge in [-0.3, -0.25) is 0 Å². The summed E-state index contributed by atoms with van der Waals surface area (Å²) >= 11 is 0. The van der Waals surface area contributed by atoms with Crippen LogP contribution in [0, 0.1) is 0 Å². The van der Waals surface area contributed by atoms with Crippen LogP contribution in [0.25, 0.3) is 0 Å². The van der Waals surface area contributed by atoms with Gasteiger partial charge in [0.2, 0.25) is 0 Å². The van der Waals surface area contributed by atoms with E-state index in [4.69, 9.17) is 61.6 Å². The number of aliphatic hydroxyl groups excluding tert-OH is 17. The fraction of sp³-hybridized carbons (Fsp3) is 1.00. The monoisotopic (exact) mass is 1010 g/mol. The van der Waals surface area contributed by atoms with Gasteiger partial charge in [0.05, 0.1) is 45.7 Å². The van der Waals surface area contributed by atoms with E-state index in [1.54, 1.807) is 13.8 Å². The molecule has 30 heteroatoms. The van der Waals surface area contributed by atoms with Crippen molar-refractivity contribution in [2.75, 3.05) is 39.6 Å². The largest absolute Gasteiger partial charge is 0.394 e. The highest BCUT2D eigenvalue weighted by atomic mass is 16.8. The fourth-order valence-electron chi connectivity index (χ4n) is 9.38. The van der Waals surface area contributed by atoms with Crippen LogP contribution in [0.5, 0.6) is 0 Å². The summed E-state index contributed by atoms with van der Waals surface area (Å²) in [6.45, 7) is -2.70. The average molecular weight is 1010 g/mol. The minimum absolute atomic E-state index is 0.708. The van der Waals surface area contributed by atoms with Crippen LogP contribution in [-0.2, 0) is 61.6 Å². The Labute approximate surface area is 392 Å². The summed E-state index contributed by atoms with van der Waals surface area (Å²) in [5.74, 6) is 0. The molecule has 0 aromatic heterocycles. The first-order valence-electron chi connectivity index (χ1n) is 22.5. The second-order valence-corrected chi connectivity index (χ2v) is 18.0. The predicted molar refractivity (Wildman–Crippen MR) is 210 cm³/mol. The van der Waals surface area contributed by atoms with Gasteiger partial charge in [0.1, 0.15) is 146 Å². The van der Waals surface area contributed by atoms with Crippen molar-refractivity contribution in [3.8, 4) is 0 Å². The van der Waals surface area contributed by atoms with Crippen LogP contribution in [0.4, 0.5) is 0 Å². The van der Waals surface area contributed by atoms with E-state index in [1.807, 2.05) is 0 Å². The lowest BCUT2D eigenvalue weighted by atomic mass is 9.94. The second kappa shape index (κ2) is 23.6. The molecule has 0 aromatic carbocycles. The highest BCUT2D eigenvalue weighted by Gasteiger charge is 2.59. The van der Waals surface area contributed by atoms with Crippen molar-refractivity contribution in [2.24, 2.45) is 0 Å². The van der Waals surface area contributed by atoms with Crippen molar-refractivity contribution in [3.05, 3.63) is 0 Å². The summed E-state index contributed by atoms with van der Waals surface area (Å²) in [5.41, 5.74) is 0. The second-order valence-electron chi connectivity index (χ2n) is 18.0. The summed E-state index contributed by atoms with van der Waals surface area (Å²) in [5, 5.41) is 187. The average Bonchev–Trinajstić information content (AvgIpc) is 3.33. The van der Waals surface area contributed by atoms with Gasteiger partial charge in [0, 0.05) is 0 Å². The van der Waals surface area contributed by atoms with Crippen LogP contribution in [0.1, 0.15) is 13.8 Å². The molecule has 0 aliphatic carbocycles. The summed E-state index contributed by atoms with van der Waals surface area (Å²) in [4.78, 5) is 0. The van der Waals surface area contributed by atoms with E-state index in [2.05, 4.69) is 0 Å². The molecule has 30 nitrogen and oxygen atoms in total. The zero-order valence-electron chi connectivity index (χ0n) is 37.1. The normalized spacial score (nSPS) is 53.6. The predicted octanol–water partition coefficient (Wildman–Crippen LogP) is -11.6. The number of rotatable bonds is 8. The maximum Gasteiger partial charge on any atom is 0.187 e. The quantitative estimate of drug-likeness (QED) is 0.107. The Morgan fingerprint density at radius 1 is 0.275 bits per heavy atom. The molecule has 22 aliphatic heterocycles. The number of ether oxygens (including phenoxy) is 13. The minimum atomic E-state index is -2.14. The molecule has 12 bridgehead atoms. The van der Waals surface area contributed by atoms with Crippen LogP contribution in [0.3, 0.4) is 0 Å². The van der Waals surface area contributed by atoms with Crippen molar-refractivity contribution >= 4 is 0 Å². The number of aliphatic hydroxyl groups is 17. The van der Waals surface area contributed by atoms with Gasteiger partial charge in [-0.1, -0.05) is 0 Å². The zero-order valence-corrected chi connectivity index (χ0v) is 37.1. The van der Waals surface area contributed by atoms with Crippen molar-refractivity contribution in [1.82, 2.24) is 0 Å². The highest BCUT2D eigenvalue weighted by molar-refractivity contribution is 5.01. The molecule has 17 N–H and O–H groups in total. The topological polar surface area (TPSA) is 464 Å². The summed E-state index contributed by atoms with van der Waals surface area (Å²) < 4.78 is 75.2. The lowest BCUT2D eigenvalue weighted by Crippen LogP contribution is -2.69. The molecule has 402 valence electrons. The first-order valence-corrected chi connectivity index (χ1v) is 22.5. The molecule has 22 heterocycles. The van der Waals surface area contributed by atoms with Crippen LogP contribution in [-0.4, -0.2) is 317 Å². The first-order chi connectivity index (χ1) is 32.8. The summed E-state index contributed by atoms with van der Waals surface area (Å²) in [6, 6.07) is 0. The van der Waals surface area contributed by atoms with E-state index in [-0.39, 0.29) is 0 Å². The smallest absolute Gasteiger partial charge is 0.187 e. The van der Waals surface area contributed by atoms with E-state index < -0.39 is 230 Å². The van der Waals surface area contributed by atoms with Crippen LogP contribution < -0.4 is 0 Å². The van der Waals surface area contributed by atoms with Gasteiger partial charge in [-0.05, 0) is 13.8 Å². The Kier molecular flexibility index (Phi) is 19.0. The van der Waals surface area contributed by atoms with E-state index >= 15 is 0 Å². The minimum Gasteiger partial charge on any atom is -0.394 e. The molecule has 0 amide bonds. The standard InChI is InChI=1S/C39H66O30/c1-9(2)57-33-26(56)39-63-15(8-45)32(33)69-38-25(55)20(50)30(13(6-43)62-38)67-36-23(53)18(48)28(11(4-41)60-36)65-34-21(51)16(46)27(10(3-40)58-34)64-35-22(52)17(47)29(12(5-42)59-35)66-37-24(54)19(49)31(68-39)14(7-44)61-37/h9-56H,3-8H2,1-2H3/t10-,11-,12-,13-,14-,15-,16-,17-,18-,19-,20-,21-,22-,23-,24-,25-,26-,27-,28-,29-,30-,31-,32+,33-,34-,35-,36-,37-,38-,39-/m1/s1. The van der Waals surface area contributed by atoms with Crippen LogP contribution in [0.2, 0.25) is 0 Å². The molecule has 0 unspecified atom stereocenters. The molecule has 0 saturated carbocycles. The molecule has 0 spiro atoms.